The predicted molar refractivity (Wildman–Crippen MR) is 121 cm³/mol. The Labute approximate surface area is 193 Å². The number of hydrogen-bond donors (Lipinski definition) is 1. The van der Waals surface area contributed by atoms with Crippen molar-refractivity contribution in [1.82, 2.24) is 10.2 Å². The number of carbonyl (C=O) groups is 1. The van der Waals surface area contributed by atoms with Gasteiger partial charge in [0.25, 0.3) is 21.8 Å². The van der Waals surface area contributed by atoms with Crippen LogP contribution in [0.2, 0.25) is 0 Å². The molecule has 0 radical (unpaired) electrons. The fourth-order valence-electron chi connectivity index (χ4n) is 3.21. The Morgan fingerprint density at radius 1 is 1.00 bits per heavy atom. The van der Waals surface area contributed by atoms with Crippen LogP contribution in [0.3, 0.4) is 0 Å². The van der Waals surface area contributed by atoms with Crippen molar-refractivity contribution in [1.29, 1.82) is 0 Å². The van der Waals surface area contributed by atoms with Crippen molar-refractivity contribution < 1.29 is 26.4 Å². The molecule has 11 heteroatoms. The van der Waals surface area contributed by atoms with Crippen molar-refractivity contribution >= 4 is 27.6 Å². The fraction of sp³-hybridized carbons (Fsp3) is 0.0870. The Bertz CT molecular complexity index is 1430. The Hall–Kier alpha value is -4.12. The highest BCUT2D eigenvalue weighted by Gasteiger charge is 2.24. The highest BCUT2D eigenvalue weighted by atomic mass is 32.2. The number of amides is 1. The summed E-state index contributed by atoms with van der Waals surface area (Å²) in [6.07, 6.45) is 0. The molecule has 8 nitrogen and oxygen atoms in total. The monoisotopic (exact) mass is 484 g/mol. The smallest absolute Gasteiger partial charge is 0.322 e. The van der Waals surface area contributed by atoms with Gasteiger partial charge in [0.1, 0.15) is 11.6 Å². The zero-order valence-electron chi connectivity index (χ0n) is 17.8. The number of nitrogens with zero attached hydrogens (tertiary/aromatic N) is 3. The Balaban J connectivity index is 1.50. The highest BCUT2D eigenvalue weighted by molar-refractivity contribution is 7.92. The maximum Gasteiger partial charge on any atom is 0.322 e. The zero-order valence-corrected chi connectivity index (χ0v) is 18.6. The molecule has 3 aromatic carbocycles. The van der Waals surface area contributed by atoms with Crippen LogP contribution in [-0.2, 0) is 10.0 Å². The number of benzene rings is 3. The van der Waals surface area contributed by atoms with E-state index in [0.717, 1.165) is 12.1 Å². The number of rotatable bonds is 7. The standard InChI is InChI=1S/C23H18F2N4O4S/c1-2-29(17-6-4-3-5-7-17)34(31,32)18-11-8-15(9-12-18)21(30)26-23-28-27-22(33-23)19-13-10-16(24)14-20(19)25/h3-14H,2H2,1H3,(H,26,28,30). The van der Waals surface area contributed by atoms with Crippen LogP contribution < -0.4 is 9.62 Å². The van der Waals surface area contributed by atoms with Crippen LogP contribution in [0.25, 0.3) is 11.5 Å². The van der Waals surface area contributed by atoms with Gasteiger partial charge in [-0.05, 0) is 55.5 Å². The first kappa shape index (κ1) is 23.1. The van der Waals surface area contributed by atoms with Crippen LogP contribution in [0.15, 0.2) is 82.1 Å². The summed E-state index contributed by atoms with van der Waals surface area (Å²) in [7, 11) is -3.84. The van der Waals surface area contributed by atoms with Gasteiger partial charge in [-0.25, -0.2) is 17.2 Å². The van der Waals surface area contributed by atoms with Crippen molar-refractivity contribution in [2.75, 3.05) is 16.2 Å². The van der Waals surface area contributed by atoms with Crippen molar-refractivity contribution in [2.45, 2.75) is 11.8 Å². The van der Waals surface area contributed by atoms with Gasteiger partial charge < -0.3 is 4.42 Å². The van der Waals surface area contributed by atoms with Gasteiger partial charge in [0.15, 0.2) is 0 Å². The minimum Gasteiger partial charge on any atom is -0.403 e. The van der Waals surface area contributed by atoms with Crippen LogP contribution in [-0.4, -0.2) is 31.1 Å². The average Bonchev–Trinajstić information content (AvgIpc) is 3.28. The minimum atomic E-state index is -3.84. The second kappa shape index (κ2) is 9.40. The maximum atomic E-state index is 13.9. The van der Waals surface area contributed by atoms with Gasteiger partial charge >= 0.3 is 6.01 Å². The van der Waals surface area contributed by atoms with Gasteiger partial charge in [-0.2, -0.15) is 0 Å². The van der Waals surface area contributed by atoms with Crippen molar-refractivity contribution in [3.8, 4) is 11.5 Å². The quantitative estimate of drug-likeness (QED) is 0.415. The van der Waals surface area contributed by atoms with E-state index in [0.29, 0.717) is 11.8 Å². The molecule has 1 aromatic heterocycles. The number of sulfonamides is 1. The molecule has 174 valence electrons. The van der Waals surface area contributed by atoms with Crippen LogP contribution in [0, 0.1) is 11.6 Å². The van der Waals surface area contributed by atoms with E-state index >= 15 is 0 Å². The zero-order chi connectivity index (χ0) is 24.3. The molecule has 34 heavy (non-hydrogen) atoms. The molecule has 0 atom stereocenters. The third kappa shape index (κ3) is 4.64. The van der Waals surface area contributed by atoms with Gasteiger partial charge in [-0.15, -0.1) is 5.10 Å². The topological polar surface area (TPSA) is 105 Å². The van der Waals surface area contributed by atoms with E-state index in [4.69, 9.17) is 4.42 Å². The first-order chi connectivity index (χ1) is 16.3. The normalized spacial score (nSPS) is 11.3. The van der Waals surface area contributed by atoms with Crippen LogP contribution in [0.1, 0.15) is 17.3 Å². The Morgan fingerprint density at radius 2 is 1.71 bits per heavy atom. The molecule has 0 fully saturated rings. The second-order valence-electron chi connectivity index (χ2n) is 7.02. The lowest BCUT2D eigenvalue weighted by atomic mass is 10.2. The van der Waals surface area contributed by atoms with E-state index in [9.17, 15) is 22.0 Å². The minimum absolute atomic E-state index is 0.0154. The van der Waals surface area contributed by atoms with E-state index in [1.54, 1.807) is 37.3 Å². The van der Waals surface area contributed by atoms with Crippen LogP contribution >= 0.6 is 0 Å². The molecular formula is C23H18F2N4O4S. The molecule has 0 saturated carbocycles. The van der Waals surface area contributed by atoms with Crippen molar-refractivity contribution in [2.24, 2.45) is 0 Å². The average molecular weight is 484 g/mol. The maximum absolute atomic E-state index is 13.9. The number of anilines is 2. The van der Waals surface area contributed by atoms with Crippen molar-refractivity contribution in [3.05, 3.63) is 90.0 Å². The molecule has 0 unspecified atom stereocenters. The summed E-state index contributed by atoms with van der Waals surface area (Å²) in [6, 6.07) is 16.5. The lowest BCUT2D eigenvalue weighted by molar-refractivity contribution is 0.102. The Kier molecular flexibility index (Phi) is 6.37. The predicted octanol–water partition coefficient (Wildman–Crippen LogP) is 4.48. The summed E-state index contributed by atoms with van der Waals surface area (Å²) >= 11 is 0. The first-order valence-electron chi connectivity index (χ1n) is 10.1. The molecule has 0 aliphatic rings. The third-order valence-corrected chi connectivity index (χ3v) is 6.76. The molecule has 4 rings (SSSR count). The lowest BCUT2D eigenvalue weighted by Gasteiger charge is -2.22. The number of nitrogens with one attached hydrogen (secondary N) is 1. The number of aromatic nitrogens is 2. The SMILES string of the molecule is CCN(c1ccccc1)S(=O)(=O)c1ccc(C(=O)Nc2nnc(-c3ccc(F)cc3F)o2)cc1. The molecule has 0 aliphatic carbocycles. The second-order valence-corrected chi connectivity index (χ2v) is 8.88. The van der Waals surface area contributed by atoms with Gasteiger partial charge in [0.2, 0.25) is 0 Å². The van der Waals surface area contributed by atoms with Crippen molar-refractivity contribution in [3.63, 3.8) is 0 Å². The molecule has 0 aliphatic heterocycles. The van der Waals surface area contributed by atoms with Gasteiger partial charge in [0, 0.05) is 18.2 Å². The highest BCUT2D eigenvalue weighted by Crippen LogP contribution is 2.25. The summed E-state index contributed by atoms with van der Waals surface area (Å²) in [5, 5.41) is 9.65. The molecule has 0 saturated heterocycles. The summed E-state index contributed by atoms with van der Waals surface area (Å²) < 4.78 is 59.6. The number of halogens is 2. The molecular weight excluding hydrogens is 466 g/mol. The third-order valence-electron chi connectivity index (χ3n) is 4.84. The molecule has 1 amide bonds. The molecule has 0 spiro atoms. The summed E-state index contributed by atoms with van der Waals surface area (Å²) in [5.74, 6) is -2.54. The van der Waals surface area contributed by atoms with Gasteiger partial charge in [0.05, 0.1) is 16.1 Å². The fourth-order valence-corrected chi connectivity index (χ4v) is 4.68. The van der Waals surface area contributed by atoms with E-state index in [1.165, 1.54) is 28.6 Å². The Morgan fingerprint density at radius 3 is 2.35 bits per heavy atom. The molecule has 0 bridgehead atoms. The number of para-hydroxylation sites is 1. The largest absolute Gasteiger partial charge is 0.403 e. The van der Waals surface area contributed by atoms with E-state index < -0.39 is 27.6 Å². The molecule has 1 N–H and O–H groups in total. The van der Waals surface area contributed by atoms with Crippen LogP contribution in [0.4, 0.5) is 20.5 Å². The molecule has 1 heterocycles. The number of carbonyl (C=O) groups excluding carboxylic acids is 1. The van der Waals surface area contributed by atoms with Gasteiger partial charge in [-0.1, -0.05) is 23.3 Å². The summed E-state index contributed by atoms with van der Waals surface area (Å²) in [5.41, 5.74) is 0.536. The van der Waals surface area contributed by atoms with E-state index in [-0.39, 0.29) is 34.5 Å². The van der Waals surface area contributed by atoms with E-state index in [2.05, 4.69) is 15.5 Å². The molecule has 4 aromatic rings. The van der Waals surface area contributed by atoms with E-state index in [1.807, 2.05) is 0 Å². The summed E-state index contributed by atoms with van der Waals surface area (Å²) in [6.45, 7) is 1.95. The summed E-state index contributed by atoms with van der Waals surface area (Å²) in [4.78, 5) is 12.5. The first-order valence-corrected chi connectivity index (χ1v) is 11.5. The number of hydrogen-bond acceptors (Lipinski definition) is 6. The van der Waals surface area contributed by atoms with Gasteiger partial charge in [-0.3, -0.25) is 14.4 Å². The lowest BCUT2D eigenvalue weighted by Crippen LogP contribution is -2.30. The van der Waals surface area contributed by atoms with Crippen LogP contribution in [0.5, 0.6) is 0 Å².